The van der Waals surface area contributed by atoms with Gasteiger partial charge in [0.05, 0.1) is 10.7 Å². The Kier molecular flexibility index (Phi) is 9.52. The molecule has 1 aliphatic rings. The van der Waals surface area contributed by atoms with Crippen LogP contribution >= 0.6 is 23.4 Å². The van der Waals surface area contributed by atoms with E-state index in [2.05, 4.69) is 39.2 Å². The summed E-state index contributed by atoms with van der Waals surface area (Å²) in [7, 11) is 0. The second-order valence-electron chi connectivity index (χ2n) is 9.59. The monoisotopic (exact) mass is 572 g/mol. The van der Waals surface area contributed by atoms with E-state index in [0.29, 0.717) is 18.5 Å². The number of nitrogens with zero attached hydrogens (tertiary/aromatic N) is 5. The Balaban J connectivity index is 1.15. The molecule has 0 saturated carbocycles. The second-order valence-corrected chi connectivity index (χ2v) is 10.9. The first kappa shape index (κ1) is 27.9. The molecule has 9 heteroatoms. The third-order valence-corrected chi connectivity index (χ3v) is 8.12. The number of benzene rings is 2. The summed E-state index contributed by atoms with van der Waals surface area (Å²) >= 11 is 8.04. The molecule has 0 aliphatic carbocycles. The van der Waals surface area contributed by atoms with Crippen LogP contribution in [0.2, 0.25) is 5.02 Å². The van der Waals surface area contributed by atoms with Crippen molar-refractivity contribution in [2.45, 2.75) is 30.7 Å². The molecule has 1 fully saturated rings. The number of anilines is 2. The van der Waals surface area contributed by atoms with Gasteiger partial charge in [0.2, 0.25) is 0 Å². The third-order valence-electron chi connectivity index (χ3n) is 6.88. The predicted octanol–water partition coefficient (Wildman–Crippen LogP) is 5.68. The summed E-state index contributed by atoms with van der Waals surface area (Å²) in [5.74, 6) is 1.63. The Labute approximate surface area is 245 Å². The zero-order valence-corrected chi connectivity index (χ0v) is 24.2. The standard InChI is InChI=1S/C31H33ClN6OS/c1-2-25-21-29(38-19-17-37(18-20-38)28-9-4-3-8-27(28)32)36-31(35-25)40-22-23-10-12-24(13-11-23)30(39)34-16-14-26-7-5-6-15-33-26/h3-13,15,21H,2,14,16-20,22H2,1H3,(H,34,39). The van der Waals surface area contributed by atoms with Gasteiger partial charge >= 0.3 is 0 Å². The van der Waals surface area contributed by atoms with Gasteiger partial charge in [0.25, 0.3) is 5.91 Å². The van der Waals surface area contributed by atoms with Crippen molar-refractivity contribution in [2.75, 3.05) is 42.5 Å². The third kappa shape index (κ3) is 7.31. The van der Waals surface area contributed by atoms with E-state index in [1.807, 2.05) is 60.7 Å². The Morgan fingerprint density at radius 1 is 0.925 bits per heavy atom. The minimum Gasteiger partial charge on any atom is -0.367 e. The number of para-hydroxylation sites is 1. The summed E-state index contributed by atoms with van der Waals surface area (Å²) in [5, 5.41) is 4.54. The number of hydrogen-bond acceptors (Lipinski definition) is 7. The summed E-state index contributed by atoms with van der Waals surface area (Å²) in [6.45, 7) is 6.20. The van der Waals surface area contributed by atoms with E-state index in [9.17, 15) is 4.79 Å². The molecular formula is C31H33ClN6OS. The Morgan fingerprint density at radius 3 is 2.40 bits per heavy atom. The number of amides is 1. The SMILES string of the molecule is CCc1cc(N2CCN(c3ccccc3Cl)CC2)nc(SCc2ccc(C(=O)NCCc3ccccn3)cc2)n1. The molecule has 206 valence electrons. The molecule has 1 aliphatic heterocycles. The lowest BCUT2D eigenvalue weighted by Gasteiger charge is -2.37. The molecule has 2 aromatic carbocycles. The number of aromatic nitrogens is 3. The molecule has 0 bridgehead atoms. The number of halogens is 1. The fourth-order valence-corrected chi connectivity index (χ4v) is 5.69. The molecule has 0 radical (unpaired) electrons. The maximum Gasteiger partial charge on any atom is 0.251 e. The number of nitrogens with one attached hydrogen (secondary N) is 1. The number of aryl methyl sites for hydroxylation is 1. The zero-order chi connectivity index (χ0) is 27.7. The molecule has 7 nitrogen and oxygen atoms in total. The van der Waals surface area contributed by atoms with Crippen molar-refractivity contribution in [2.24, 2.45) is 0 Å². The molecule has 1 N–H and O–H groups in total. The molecule has 0 atom stereocenters. The molecule has 4 aromatic rings. The quantitative estimate of drug-likeness (QED) is 0.194. The maximum atomic E-state index is 12.5. The molecule has 40 heavy (non-hydrogen) atoms. The van der Waals surface area contributed by atoms with E-state index in [0.717, 1.165) is 77.0 Å². The normalized spacial score (nSPS) is 13.3. The molecule has 0 unspecified atom stereocenters. The number of carbonyl (C=O) groups excluding carboxylic acids is 1. The van der Waals surface area contributed by atoms with Crippen LogP contribution < -0.4 is 15.1 Å². The smallest absolute Gasteiger partial charge is 0.251 e. The highest BCUT2D eigenvalue weighted by molar-refractivity contribution is 7.98. The highest BCUT2D eigenvalue weighted by Gasteiger charge is 2.21. The highest BCUT2D eigenvalue weighted by atomic mass is 35.5. The van der Waals surface area contributed by atoms with E-state index >= 15 is 0 Å². The summed E-state index contributed by atoms with van der Waals surface area (Å²) in [6, 6.07) is 23.7. The van der Waals surface area contributed by atoms with Crippen LogP contribution in [0.5, 0.6) is 0 Å². The van der Waals surface area contributed by atoms with Crippen LogP contribution in [0.3, 0.4) is 0 Å². The lowest BCUT2D eigenvalue weighted by Crippen LogP contribution is -2.47. The van der Waals surface area contributed by atoms with Crippen molar-refractivity contribution >= 4 is 40.8 Å². The minimum atomic E-state index is -0.0756. The van der Waals surface area contributed by atoms with Gasteiger partial charge in [-0.1, -0.05) is 60.6 Å². The number of hydrogen-bond donors (Lipinski definition) is 1. The summed E-state index contributed by atoms with van der Waals surface area (Å²) in [6.07, 6.45) is 3.33. The van der Waals surface area contributed by atoms with Gasteiger partial charge in [-0.15, -0.1) is 0 Å². The van der Waals surface area contributed by atoms with Crippen LogP contribution in [0, 0.1) is 0 Å². The lowest BCUT2D eigenvalue weighted by atomic mass is 10.1. The topological polar surface area (TPSA) is 74.2 Å². The predicted molar refractivity (Wildman–Crippen MR) is 164 cm³/mol. The molecule has 2 aromatic heterocycles. The molecule has 3 heterocycles. The van der Waals surface area contributed by atoms with Crippen molar-refractivity contribution in [1.82, 2.24) is 20.3 Å². The van der Waals surface area contributed by atoms with Crippen molar-refractivity contribution in [1.29, 1.82) is 0 Å². The summed E-state index contributed by atoms with van der Waals surface area (Å²) < 4.78 is 0. The van der Waals surface area contributed by atoms with E-state index < -0.39 is 0 Å². The Morgan fingerprint density at radius 2 is 1.68 bits per heavy atom. The summed E-state index contributed by atoms with van der Waals surface area (Å²) in [5.41, 5.74) is 4.86. The number of rotatable bonds is 10. The lowest BCUT2D eigenvalue weighted by molar-refractivity contribution is 0.0954. The van der Waals surface area contributed by atoms with Gasteiger partial charge in [0.1, 0.15) is 5.82 Å². The van der Waals surface area contributed by atoms with Crippen LogP contribution in [0.1, 0.15) is 34.2 Å². The van der Waals surface area contributed by atoms with Crippen molar-refractivity contribution in [3.05, 3.63) is 107 Å². The molecular weight excluding hydrogens is 540 g/mol. The minimum absolute atomic E-state index is 0.0756. The first-order chi connectivity index (χ1) is 19.6. The van der Waals surface area contributed by atoms with Gasteiger partial charge < -0.3 is 15.1 Å². The molecule has 1 amide bonds. The molecule has 1 saturated heterocycles. The van der Waals surface area contributed by atoms with E-state index in [4.69, 9.17) is 21.6 Å². The fraction of sp³-hybridized carbons (Fsp3) is 0.290. The van der Waals surface area contributed by atoms with Crippen LogP contribution in [0.25, 0.3) is 0 Å². The van der Waals surface area contributed by atoms with Crippen molar-refractivity contribution in [3.8, 4) is 0 Å². The van der Waals surface area contributed by atoms with Crippen LogP contribution in [-0.2, 0) is 18.6 Å². The van der Waals surface area contributed by atoms with Gasteiger partial charge in [0.15, 0.2) is 5.16 Å². The maximum absolute atomic E-state index is 12.5. The van der Waals surface area contributed by atoms with Crippen molar-refractivity contribution < 1.29 is 4.79 Å². The number of thioether (sulfide) groups is 1. The van der Waals surface area contributed by atoms with Crippen molar-refractivity contribution in [3.63, 3.8) is 0 Å². The number of carbonyl (C=O) groups is 1. The molecule has 0 spiro atoms. The molecule has 5 rings (SSSR count). The van der Waals surface area contributed by atoms with E-state index in [-0.39, 0.29) is 5.91 Å². The van der Waals surface area contributed by atoms with Gasteiger partial charge in [-0.25, -0.2) is 9.97 Å². The highest BCUT2D eigenvalue weighted by Crippen LogP contribution is 2.28. The average Bonchev–Trinajstić information content (AvgIpc) is 3.01. The number of piperazine rings is 1. The Bertz CT molecular complexity index is 1410. The Hall–Kier alpha value is -3.62. The second kappa shape index (κ2) is 13.6. The zero-order valence-electron chi connectivity index (χ0n) is 22.6. The summed E-state index contributed by atoms with van der Waals surface area (Å²) in [4.78, 5) is 31.2. The first-order valence-electron chi connectivity index (χ1n) is 13.6. The van der Waals surface area contributed by atoms with E-state index in [1.54, 1.807) is 18.0 Å². The largest absolute Gasteiger partial charge is 0.367 e. The van der Waals surface area contributed by atoms with Crippen LogP contribution in [-0.4, -0.2) is 53.6 Å². The van der Waals surface area contributed by atoms with Gasteiger partial charge in [-0.05, 0) is 48.4 Å². The first-order valence-corrected chi connectivity index (χ1v) is 15.0. The van der Waals surface area contributed by atoms with Gasteiger partial charge in [-0.3, -0.25) is 9.78 Å². The van der Waals surface area contributed by atoms with E-state index in [1.165, 1.54) is 0 Å². The average molecular weight is 573 g/mol. The van der Waals surface area contributed by atoms with Gasteiger partial charge in [-0.2, -0.15) is 0 Å². The van der Waals surface area contributed by atoms with Crippen LogP contribution in [0.4, 0.5) is 11.5 Å². The van der Waals surface area contributed by atoms with Gasteiger partial charge in [0, 0.05) is 74.1 Å². The fourth-order valence-electron chi connectivity index (χ4n) is 4.60. The number of pyridine rings is 1. The van der Waals surface area contributed by atoms with Crippen LogP contribution in [0.15, 0.2) is 84.1 Å².